The van der Waals surface area contributed by atoms with Crippen LogP contribution < -0.4 is 11.1 Å². The maximum absolute atomic E-state index is 13.0. The first-order valence-corrected chi connectivity index (χ1v) is 5.77. The Hall–Kier alpha value is -2.21. The van der Waals surface area contributed by atoms with Crippen molar-refractivity contribution in [3.8, 4) is 0 Å². The number of halogens is 4. The van der Waals surface area contributed by atoms with Crippen molar-refractivity contribution in [3.05, 3.63) is 58.4 Å². The highest BCUT2D eigenvalue weighted by Crippen LogP contribution is 2.22. The molecule has 0 spiro atoms. The Kier molecular flexibility index (Phi) is 3.85. The minimum atomic E-state index is -1.60. The van der Waals surface area contributed by atoms with Gasteiger partial charge in [0.15, 0.2) is 17.5 Å². The normalized spacial score (nSPS) is 10.4. The van der Waals surface area contributed by atoms with Crippen LogP contribution in [0.3, 0.4) is 0 Å². The van der Waals surface area contributed by atoms with Gasteiger partial charge in [0.2, 0.25) is 0 Å². The summed E-state index contributed by atoms with van der Waals surface area (Å²) >= 11 is 5.83. The van der Waals surface area contributed by atoms with E-state index in [4.69, 9.17) is 17.3 Å². The van der Waals surface area contributed by atoms with Gasteiger partial charge in [-0.2, -0.15) is 0 Å². The van der Waals surface area contributed by atoms with Crippen molar-refractivity contribution in [2.24, 2.45) is 0 Å². The molecule has 2 aromatic carbocycles. The summed E-state index contributed by atoms with van der Waals surface area (Å²) in [6.45, 7) is 0. The Morgan fingerprint density at radius 1 is 1.10 bits per heavy atom. The standard InChI is InChI=1S/C13H8ClF3N2O/c14-9-3-6(18)1-2-8(9)13(20)19-7-4-10(15)12(17)11(16)5-7/h1-5H,18H2,(H,19,20). The van der Waals surface area contributed by atoms with Crippen molar-refractivity contribution < 1.29 is 18.0 Å². The molecule has 0 saturated heterocycles. The van der Waals surface area contributed by atoms with Crippen LogP contribution in [0.4, 0.5) is 24.5 Å². The summed E-state index contributed by atoms with van der Waals surface area (Å²) in [7, 11) is 0. The van der Waals surface area contributed by atoms with E-state index < -0.39 is 23.4 Å². The summed E-state index contributed by atoms with van der Waals surface area (Å²) in [6.07, 6.45) is 0. The van der Waals surface area contributed by atoms with Gasteiger partial charge in [-0.25, -0.2) is 13.2 Å². The van der Waals surface area contributed by atoms with Crippen molar-refractivity contribution in [1.29, 1.82) is 0 Å². The molecule has 20 heavy (non-hydrogen) atoms. The highest BCUT2D eigenvalue weighted by Gasteiger charge is 2.14. The van der Waals surface area contributed by atoms with Gasteiger partial charge in [-0.05, 0) is 18.2 Å². The smallest absolute Gasteiger partial charge is 0.257 e. The number of anilines is 2. The van der Waals surface area contributed by atoms with Crippen LogP contribution in [0.2, 0.25) is 5.02 Å². The minimum absolute atomic E-state index is 0.0750. The molecular formula is C13H8ClF3N2O. The lowest BCUT2D eigenvalue weighted by molar-refractivity contribution is 0.102. The van der Waals surface area contributed by atoms with E-state index in [1.807, 2.05) is 0 Å². The number of hydrogen-bond donors (Lipinski definition) is 2. The summed E-state index contributed by atoms with van der Waals surface area (Å²) in [5, 5.41) is 2.30. The molecule has 0 fully saturated rings. The zero-order valence-corrected chi connectivity index (χ0v) is 10.6. The molecule has 0 aromatic heterocycles. The lowest BCUT2D eigenvalue weighted by atomic mass is 10.2. The predicted molar refractivity (Wildman–Crippen MR) is 70.1 cm³/mol. The van der Waals surface area contributed by atoms with Gasteiger partial charge >= 0.3 is 0 Å². The van der Waals surface area contributed by atoms with E-state index in [2.05, 4.69) is 5.32 Å². The summed E-state index contributed by atoms with van der Waals surface area (Å²) in [6, 6.07) is 5.52. The van der Waals surface area contributed by atoms with Crippen molar-refractivity contribution in [2.75, 3.05) is 11.1 Å². The molecule has 0 aliphatic rings. The molecule has 2 rings (SSSR count). The molecule has 0 bridgehead atoms. The van der Waals surface area contributed by atoms with Crippen molar-refractivity contribution >= 4 is 28.9 Å². The van der Waals surface area contributed by atoms with Crippen LogP contribution in [0.5, 0.6) is 0 Å². The fraction of sp³-hybridized carbons (Fsp3) is 0. The van der Waals surface area contributed by atoms with Crippen LogP contribution in [-0.4, -0.2) is 5.91 Å². The molecule has 0 radical (unpaired) electrons. The molecule has 0 aliphatic carbocycles. The third-order valence-corrected chi connectivity index (χ3v) is 2.79. The summed E-state index contributed by atoms with van der Waals surface area (Å²) in [5.41, 5.74) is 5.70. The molecular weight excluding hydrogens is 293 g/mol. The summed E-state index contributed by atoms with van der Waals surface area (Å²) < 4.78 is 38.8. The second-order valence-electron chi connectivity index (χ2n) is 3.95. The van der Waals surface area contributed by atoms with Crippen LogP contribution in [0.15, 0.2) is 30.3 Å². The third-order valence-electron chi connectivity index (χ3n) is 2.48. The third kappa shape index (κ3) is 2.85. The Bertz CT molecular complexity index is 668. The maximum atomic E-state index is 13.0. The number of amides is 1. The van der Waals surface area contributed by atoms with Gasteiger partial charge in [-0.15, -0.1) is 0 Å². The van der Waals surface area contributed by atoms with E-state index in [0.29, 0.717) is 17.8 Å². The maximum Gasteiger partial charge on any atom is 0.257 e. The van der Waals surface area contributed by atoms with E-state index in [1.165, 1.54) is 18.2 Å². The zero-order chi connectivity index (χ0) is 14.9. The van der Waals surface area contributed by atoms with Crippen LogP contribution in [-0.2, 0) is 0 Å². The van der Waals surface area contributed by atoms with Crippen molar-refractivity contribution in [1.82, 2.24) is 0 Å². The highest BCUT2D eigenvalue weighted by molar-refractivity contribution is 6.34. The molecule has 1 amide bonds. The van der Waals surface area contributed by atoms with E-state index >= 15 is 0 Å². The quantitative estimate of drug-likeness (QED) is 0.658. The second kappa shape index (κ2) is 5.42. The van der Waals surface area contributed by atoms with E-state index in [-0.39, 0.29) is 16.3 Å². The van der Waals surface area contributed by atoms with Gasteiger partial charge in [0.1, 0.15) is 0 Å². The molecule has 0 atom stereocenters. The van der Waals surface area contributed by atoms with Gasteiger partial charge in [-0.1, -0.05) is 11.6 Å². The minimum Gasteiger partial charge on any atom is -0.399 e. The molecule has 0 aliphatic heterocycles. The van der Waals surface area contributed by atoms with Gasteiger partial charge in [0.05, 0.1) is 10.6 Å². The summed E-state index contributed by atoms with van der Waals surface area (Å²) in [4.78, 5) is 11.9. The Labute approximate surface area is 117 Å². The van der Waals surface area contributed by atoms with Crippen LogP contribution in [0.1, 0.15) is 10.4 Å². The van der Waals surface area contributed by atoms with Crippen LogP contribution >= 0.6 is 11.6 Å². The first kappa shape index (κ1) is 14.2. The molecule has 2 aromatic rings. The van der Waals surface area contributed by atoms with Crippen LogP contribution in [0.25, 0.3) is 0 Å². The lowest BCUT2D eigenvalue weighted by Crippen LogP contribution is -2.13. The predicted octanol–water partition coefficient (Wildman–Crippen LogP) is 3.59. The number of benzene rings is 2. The van der Waals surface area contributed by atoms with Gasteiger partial charge < -0.3 is 11.1 Å². The van der Waals surface area contributed by atoms with Gasteiger partial charge in [0.25, 0.3) is 5.91 Å². The number of nitrogen functional groups attached to an aromatic ring is 1. The fourth-order valence-electron chi connectivity index (χ4n) is 1.54. The fourth-order valence-corrected chi connectivity index (χ4v) is 1.82. The van der Waals surface area contributed by atoms with Crippen molar-refractivity contribution in [3.63, 3.8) is 0 Å². The number of rotatable bonds is 2. The topological polar surface area (TPSA) is 55.1 Å². The number of nitrogens with one attached hydrogen (secondary N) is 1. The second-order valence-corrected chi connectivity index (χ2v) is 4.35. The number of carbonyl (C=O) groups is 1. The molecule has 0 unspecified atom stereocenters. The summed E-state index contributed by atoms with van der Waals surface area (Å²) in [5.74, 6) is -5.10. The number of carbonyl (C=O) groups excluding carboxylic acids is 1. The molecule has 3 N–H and O–H groups in total. The molecule has 0 heterocycles. The van der Waals surface area contributed by atoms with Gasteiger partial charge in [-0.3, -0.25) is 4.79 Å². The molecule has 0 saturated carbocycles. The average molecular weight is 301 g/mol. The largest absolute Gasteiger partial charge is 0.399 e. The van der Waals surface area contributed by atoms with E-state index in [9.17, 15) is 18.0 Å². The first-order chi connectivity index (χ1) is 9.38. The van der Waals surface area contributed by atoms with E-state index in [1.54, 1.807) is 0 Å². The van der Waals surface area contributed by atoms with Crippen molar-refractivity contribution in [2.45, 2.75) is 0 Å². The molecule has 7 heteroatoms. The number of nitrogens with two attached hydrogens (primary N) is 1. The Morgan fingerprint density at radius 2 is 1.70 bits per heavy atom. The SMILES string of the molecule is Nc1ccc(C(=O)Nc2cc(F)c(F)c(F)c2)c(Cl)c1. The zero-order valence-electron chi connectivity index (χ0n) is 9.88. The highest BCUT2D eigenvalue weighted by atomic mass is 35.5. The first-order valence-electron chi connectivity index (χ1n) is 5.39. The van der Waals surface area contributed by atoms with E-state index in [0.717, 1.165) is 0 Å². The average Bonchev–Trinajstić information content (AvgIpc) is 2.35. The molecule has 104 valence electrons. The Balaban J connectivity index is 2.28. The number of hydrogen-bond acceptors (Lipinski definition) is 2. The Morgan fingerprint density at radius 3 is 2.25 bits per heavy atom. The molecule has 3 nitrogen and oxygen atoms in total. The lowest BCUT2D eigenvalue weighted by Gasteiger charge is -2.08. The van der Waals surface area contributed by atoms with Gasteiger partial charge in [0, 0.05) is 23.5 Å². The van der Waals surface area contributed by atoms with Crippen LogP contribution in [0, 0.1) is 17.5 Å². The monoisotopic (exact) mass is 300 g/mol.